The Hall–Kier alpha value is -2.77. The summed E-state index contributed by atoms with van der Waals surface area (Å²) in [6, 6.07) is 7.17. The van der Waals surface area contributed by atoms with Gasteiger partial charge in [-0.2, -0.15) is 0 Å². The Bertz CT molecular complexity index is 822. The molecule has 2 heterocycles. The highest BCUT2D eigenvalue weighted by atomic mass is 16.2. The number of H-pyrrole nitrogens is 1. The molecule has 0 radical (unpaired) electrons. The van der Waals surface area contributed by atoms with Crippen LogP contribution >= 0.6 is 0 Å². The fourth-order valence-corrected chi connectivity index (χ4v) is 3.07. The number of carbonyl (C=O) groups excluding carboxylic acids is 1. The lowest BCUT2D eigenvalue weighted by molar-refractivity contribution is -0.127. The number of nitrogens with one attached hydrogen (secondary N) is 2. The molecule has 0 fully saturated rings. The number of tetrazole rings is 1. The Morgan fingerprint density at radius 1 is 1.27 bits per heavy atom. The summed E-state index contributed by atoms with van der Waals surface area (Å²) in [4.78, 5) is 21.1. The number of aromatic nitrogens is 6. The zero-order valence-electron chi connectivity index (χ0n) is 15.5. The van der Waals surface area contributed by atoms with Gasteiger partial charge in [0.25, 0.3) is 0 Å². The minimum Gasteiger partial charge on any atom is -0.344 e. The second-order valence-corrected chi connectivity index (χ2v) is 6.99. The predicted molar refractivity (Wildman–Crippen MR) is 98.1 cm³/mol. The summed E-state index contributed by atoms with van der Waals surface area (Å²) in [7, 11) is 0. The summed E-state index contributed by atoms with van der Waals surface area (Å²) >= 11 is 0. The molecule has 0 saturated carbocycles. The number of para-hydroxylation sites is 2. The fourth-order valence-electron chi connectivity index (χ4n) is 3.07. The van der Waals surface area contributed by atoms with Gasteiger partial charge in [0.15, 0.2) is 0 Å². The lowest BCUT2D eigenvalue weighted by Crippen LogP contribution is -2.40. The van der Waals surface area contributed by atoms with Crippen LogP contribution in [0.25, 0.3) is 11.0 Å². The molecule has 1 aromatic carbocycles. The molecule has 3 atom stereocenters. The van der Waals surface area contributed by atoms with Crippen LogP contribution in [0.1, 0.15) is 52.0 Å². The molecule has 3 aromatic rings. The van der Waals surface area contributed by atoms with Crippen LogP contribution in [0.4, 0.5) is 0 Å². The Morgan fingerprint density at radius 2 is 2.04 bits per heavy atom. The maximum Gasteiger partial charge on any atom is 0.245 e. The summed E-state index contributed by atoms with van der Waals surface area (Å²) in [5.41, 5.74) is 1.85. The minimum absolute atomic E-state index is 0.0991. The summed E-state index contributed by atoms with van der Waals surface area (Å²) in [5, 5.41) is 14.4. The van der Waals surface area contributed by atoms with E-state index in [2.05, 4.69) is 51.6 Å². The van der Waals surface area contributed by atoms with Crippen molar-refractivity contribution in [2.45, 2.75) is 46.2 Å². The predicted octanol–water partition coefficient (Wildman–Crippen LogP) is 2.65. The largest absolute Gasteiger partial charge is 0.344 e. The molecule has 8 nitrogen and oxygen atoms in total. The van der Waals surface area contributed by atoms with Crippen molar-refractivity contribution in [3.05, 3.63) is 36.4 Å². The molecule has 2 N–H and O–H groups in total. The molecule has 0 aliphatic carbocycles. The summed E-state index contributed by atoms with van der Waals surface area (Å²) in [5.74, 6) is 0.924. The van der Waals surface area contributed by atoms with E-state index in [9.17, 15) is 4.79 Å². The maximum absolute atomic E-state index is 13.1. The van der Waals surface area contributed by atoms with Gasteiger partial charge in [-0.25, -0.2) is 9.67 Å². The third kappa shape index (κ3) is 3.58. The van der Waals surface area contributed by atoms with Gasteiger partial charge in [-0.3, -0.25) is 4.79 Å². The number of carbonyl (C=O) groups is 1. The van der Waals surface area contributed by atoms with Gasteiger partial charge in [0.2, 0.25) is 5.91 Å². The van der Waals surface area contributed by atoms with Gasteiger partial charge in [-0.05, 0) is 34.4 Å². The van der Waals surface area contributed by atoms with E-state index < -0.39 is 6.04 Å². The first-order valence-electron chi connectivity index (χ1n) is 8.98. The molecule has 0 aliphatic rings. The van der Waals surface area contributed by atoms with E-state index in [4.69, 9.17) is 0 Å². The highest BCUT2D eigenvalue weighted by molar-refractivity contribution is 5.81. The number of nitrogens with zero attached hydrogens (tertiary/aromatic N) is 5. The summed E-state index contributed by atoms with van der Waals surface area (Å²) in [6.45, 7) is 8.20. The second-order valence-electron chi connectivity index (χ2n) is 6.99. The zero-order chi connectivity index (χ0) is 18.7. The van der Waals surface area contributed by atoms with Gasteiger partial charge in [-0.1, -0.05) is 46.2 Å². The molecule has 0 bridgehead atoms. The van der Waals surface area contributed by atoms with E-state index in [0.717, 1.165) is 23.3 Å². The molecular weight excluding hydrogens is 330 g/mol. The molecule has 8 heteroatoms. The number of amides is 1. The van der Waals surface area contributed by atoms with Crippen LogP contribution in [0.15, 0.2) is 30.6 Å². The monoisotopic (exact) mass is 355 g/mol. The van der Waals surface area contributed by atoms with E-state index in [1.165, 1.54) is 11.0 Å². The van der Waals surface area contributed by atoms with Crippen LogP contribution < -0.4 is 5.32 Å². The van der Waals surface area contributed by atoms with E-state index in [1.54, 1.807) is 0 Å². The quantitative estimate of drug-likeness (QED) is 0.678. The topological polar surface area (TPSA) is 101 Å². The van der Waals surface area contributed by atoms with Crippen molar-refractivity contribution in [2.24, 2.45) is 11.8 Å². The first kappa shape index (κ1) is 18.0. The second kappa shape index (κ2) is 7.63. The molecule has 138 valence electrons. The molecule has 0 saturated heterocycles. The molecule has 26 heavy (non-hydrogen) atoms. The van der Waals surface area contributed by atoms with Gasteiger partial charge in [0, 0.05) is 0 Å². The van der Waals surface area contributed by atoms with Crippen LogP contribution in [0.5, 0.6) is 0 Å². The number of hydrogen-bond donors (Lipinski definition) is 2. The minimum atomic E-state index is -0.458. The number of hydrogen-bond acceptors (Lipinski definition) is 5. The molecule has 0 spiro atoms. The van der Waals surface area contributed by atoms with Crippen LogP contribution in [0.2, 0.25) is 0 Å². The number of fused-ring (bicyclic) bond motifs is 1. The zero-order valence-corrected chi connectivity index (χ0v) is 15.5. The maximum atomic E-state index is 13.1. The first-order valence-corrected chi connectivity index (χ1v) is 8.98. The average molecular weight is 355 g/mol. The van der Waals surface area contributed by atoms with Crippen LogP contribution in [0, 0.1) is 11.8 Å². The molecular formula is C18H25N7O. The molecule has 2 aromatic heterocycles. The Labute approximate surface area is 152 Å². The number of aromatic amines is 1. The van der Waals surface area contributed by atoms with Crippen molar-refractivity contribution in [2.75, 3.05) is 0 Å². The molecule has 0 unspecified atom stereocenters. The summed E-state index contributed by atoms with van der Waals surface area (Å²) < 4.78 is 1.53. The van der Waals surface area contributed by atoms with Gasteiger partial charge in [0.05, 0.1) is 17.1 Å². The van der Waals surface area contributed by atoms with Crippen molar-refractivity contribution in [3.63, 3.8) is 0 Å². The van der Waals surface area contributed by atoms with Crippen LogP contribution in [0.3, 0.4) is 0 Å². The van der Waals surface area contributed by atoms with Crippen LogP contribution in [-0.2, 0) is 4.79 Å². The Kier molecular flexibility index (Phi) is 5.29. The van der Waals surface area contributed by atoms with Gasteiger partial charge >= 0.3 is 0 Å². The smallest absolute Gasteiger partial charge is 0.245 e. The molecule has 0 aliphatic heterocycles. The van der Waals surface area contributed by atoms with Gasteiger partial charge < -0.3 is 10.3 Å². The van der Waals surface area contributed by atoms with Crippen molar-refractivity contribution >= 4 is 16.9 Å². The normalized spacial score (nSPS) is 15.1. The molecule has 3 rings (SSSR count). The van der Waals surface area contributed by atoms with Gasteiger partial charge in [0.1, 0.15) is 18.2 Å². The van der Waals surface area contributed by atoms with Crippen LogP contribution in [-0.4, -0.2) is 36.1 Å². The van der Waals surface area contributed by atoms with Crippen molar-refractivity contribution in [1.82, 2.24) is 35.5 Å². The first-order chi connectivity index (χ1) is 12.5. The van der Waals surface area contributed by atoms with E-state index in [1.807, 2.05) is 31.2 Å². The van der Waals surface area contributed by atoms with Crippen molar-refractivity contribution in [3.8, 4) is 0 Å². The molecule has 1 amide bonds. The van der Waals surface area contributed by atoms with E-state index >= 15 is 0 Å². The standard InChI is InChI=1S/C18H25N7O/c1-5-12(4)16(25-10-19-23-24-25)18(26)22-15(11(2)3)17-20-13-8-6-7-9-14(13)21-17/h6-12,15-16H,5H2,1-4H3,(H,20,21)(H,22,26)/t12-,15-,16-/m0/s1. The number of rotatable bonds is 7. The lowest BCUT2D eigenvalue weighted by atomic mass is 9.97. The third-order valence-corrected chi connectivity index (χ3v) is 4.77. The lowest BCUT2D eigenvalue weighted by Gasteiger charge is -2.26. The SMILES string of the molecule is CC[C@H](C)[C@@H](C(=O)N[C@H](c1nc2ccccc2[nH]1)C(C)C)n1cnnn1. The number of benzene rings is 1. The summed E-state index contributed by atoms with van der Waals surface area (Å²) in [6.07, 6.45) is 2.33. The Balaban J connectivity index is 1.87. The number of imidazole rings is 1. The average Bonchev–Trinajstić information content (AvgIpc) is 3.28. The van der Waals surface area contributed by atoms with Crippen molar-refractivity contribution in [1.29, 1.82) is 0 Å². The van der Waals surface area contributed by atoms with Gasteiger partial charge in [-0.15, -0.1) is 5.10 Å². The highest BCUT2D eigenvalue weighted by Crippen LogP contribution is 2.25. The highest BCUT2D eigenvalue weighted by Gasteiger charge is 2.31. The Morgan fingerprint density at radius 3 is 2.65 bits per heavy atom. The third-order valence-electron chi connectivity index (χ3n) is 4.77. The van der Waals surface area contributed by atoms with Crippen molar-refractivity contribution < 1.29 is 4.79 Å². The van der Waals surface area contributed by atoms with E-state index in [0.29, 0.717) is 0 Å². The van der Waals surface area contributed by atoms with E-state index in [-0.39, 0.29) is 23.8 Å². The fraction of sp³-hybridized carbons (Fsp3) is 0.500.